The van der Waals surface area contributed by atoms with Crippen molar-refractivity contribution >= 4 is 16.8 Å². The van der Waals surface area contributed by atoms with Crippen LogP contribution in [0.25, 0.3) is 22.0 Å². The van der Waals surface area contributed by atoms with Crippen molar-refractivity contribution in [3.05, 3.63) is 95.4 Å². The molecule has 0 unspecified atom stereocenters. The fourth-order valence-electron chi connectivity index (χ4n) is 3.27. The van der Waals surface area contributed by atoms with Crippen LogP contribution < -0.4 is 5.73 Å². The van der Waals surface area contributed by atoms with Crippen LogP contribution in [-0.2, 0) is 12.8 Å². The van der Waals surface area contributed by atoms with E-state index in [2.05, 4.69) is 9.97 Å². The van der Waals surface area contributed by atoms with Gasteiger partial charge in [-0.2, -0.15) is 4.39 Å². The molecule has 0 aliphatic carbocycles. The highest BCUT2D eigenvalue weighted by atomic mass is 19.1. The molecule has 0 atom stereocenters. The molecule has 2 heterocycles. The Morgan fingerprint density at radius 1 is 0.897 bits per heavy atom. The van der Waals surface area contributed by atoms with Gasteiger partial charge in [-0.25, -0.2) is 14.4 Å². The molecule has 4 nitrogen and oxygen atoms in total. The highest BCUT2D eigenvalue weighted by Crippen LogP contribution is 2.30. The number of hydrogen-bond donors (Lipinski definition) is 1. The van der Waals surface area contributed by atoms with E-state index in [0.29, 0.717) is 18.4 Å². The average Bonchev–Trinajstić information content (AvgIpc) is 2.73. The Morgan fingerprint density at radius 2 is 1.62 bits per heavy atom. The molecule has 4 rings (SSSR count). The van der Waals surface area contributed by atoms with Gasteiger partial charge in [0.25, 0.3) is 5.91 Å². The van der Waals surface area contributed by atoms with E-state index < -0.39 is 11.9 Å². The third kappa shape index (κ3) is 4.11. The molecule has 2 N–H and O–H groups in total. The summed E-state index contributed by atoms with van der Waals surface area (Å²) in [6.45, 7) is 0. The van der Waals surface area contributed by atoms with E-state index in [9.17, 15) is 13.6 Å². The van der Waals surface area contributed by atoms with Crippen molar-refractivity contribution in [1.29, 1.82) is 0 Å². The maximum Gasteiger partial charge on any atom is 0.267 e. The van der Waals surface area contributed by atoms with Gasteiger partial charge < -0.3 is 5.73 Å². The molecule has 0 radical (unpaired) electrons. The summed E-state index contributed by atoms with van der Waals surface area (Å²) in [5.74, 6) is -1.46. The molecule has 6 heteroatoms. The summed E-state index contributed by atoms with van der Waals surface area (Å²) in [6, 6.07) is 16.6. The Kier molecular flexibility index (Phi) is 4.99. The number of pyridine rings is 2. The number of primary amides is 1. The first-order chi connectivity index (χ1) is 14.0. The largest absolute Gasteiger partial charge is 0.364 e. The first-order valence-electron chi connectivity index (χ1n) is 9.09. The second-order valence-corrected chi connectivity index (χ2v) is 6.77. The van der Waals surface area contributed by atoms with Crippen molar-refractivity contribution in [1.82, 2.24) is 9.97 Å². The number of carbonyl (C=O) groups is 1. The van der Waals surface area contributed by atoms with E-state index in [1.54, 1.807) is 24.3 Å². The number of benzene rings is 2. The van der Waals surface area contributed by atoms with Crippen molar-refractivity contribution in [2.45, 2.75) is 12.8 Å². The molecule has 0 fully saturated rings. The predicted octanol–water partition coefficient (Wildman–Crippen LogP) is 4.46. The van der Waals surface area contributed by atoms with Crippen LogP contribution in [0, 0.1) is 11.8 Å². The molecule has 4 aromatic rings. The summed E-state index contributed by atoms with van der Waals surface area (Å²) in [5.41, 5.74) is 9.72. The van der Waals surface area contributed by atoms with Crippen LogP contribution in [0.4, 0.5) is 8.78 Å². The zero-order valence-electron chi connectivity index (χ0n) is 15.4. The molecular weight excluding hydrogens is 372 g/mol. The van der Waals surface area contributed by atoms with Crippen LogP contribution >= 0.6 is 0 Å². The number of halogens is 2. The third-order valence-electron chi connectivity index (χ3n) is 4.77. The quantitative estimate of drug-likeness (QED) is 0.513. The van der Waals surface area contributed by atoms with Gasteiger partial charge in [-0.15, -0.1) is 0 Å². The zero-order chi connectivity index (χ0) is 20.4. The van der Waals surface area contributed by atoms with Crippen LogP contribution in [0.2, 0.25) is 0 Å². The first kappa shape index (κ1) is 18.7. The van der Waals surface area contributed by atoms with E-state index in [1.807, 2.05) is 18.2 Å². The summed E-state index contributed by atoms with van der Waals surface area (Å²) in [4.78, 5) is 19.8. The highest BCUT2D eigenvalue weighted by Gasteiger charge is 2.12. The molecule has 0 aliphatic heterocycles. The number of hydrogen-bond acceptors (Lipinski definition) is 3. The van der Waals surface area contributed by atoms with Crippen molar-refractivity contribution in [3.8, 4) is 11.1 Å². The van der Waals surface area contributed by atoms with E-state index >= 15 is 0 Å². The van der Waals surface area contributed by atoms with Gasteiger partial charge in [-0.3, -0.25) is 4.79 Å². The number of rotatable bonds is 5. The lowest BCUT2D eigenvalue weighted by Crippen LogP contribution is -2.13. The average molecular weight is 389 g/mol. The van der Waals surface area contributed by atoms with Gasteiger partial charge in [-0.05, 0) is 65.4 Å². The van der Waals surface area contributed by atoms with Gasteiger partial charge in [0, 0.05) is 11.6 Å². The van der Waals surface area contributed by atoms with Gasteiger partial charge >= 0.3 is 0 Å². The smallest absolute Gasteiger partial charge is 0.267 e. The molecule has 2 aromatic heterocycles. The van der Waals surface area contributed by atoms with Gasteiger partial charge in [0.1, 0.15) is 11.5 Å². The lowest BCUT2D eigenvalue weighted by Gasteiger charge is -2.10. The van der Waals surface area contributed by atoms with E-state index in [1.165, 1.54) is 24.4 Å². The highest BCUT2D eigenvalue weighted by molar-refractivity contribution is 6.00. The third-order valence-corrected chi connectivity index (χ3v) is 4.77. The maximum atomic E-state index is 13.3. The number of nitrogens with two attached hydrogens (primary N) is 1. The van der Waals surface area contributed by atoms with Crippen LogP contribution in [0.15, 0.2) is 66.9 Å². The van der Waals surface area contributed by atoms with Crippen molar-refractivity contribution in [3.63, 3.8) is 0 Å². The Morgan fingerprint density at radius 3 is 2.31 bits per heavy atom. The summed E-state index contributed by atoms with van der Waals surface area (Å²) in [6.07, 6.45) is 2.92. The van der Waals surface area contributed by atoms with E-state index in [0.717, 1.165) is 27.6 Å². The van der Waals surface area contributed by atoms with Crippen LogP contribution in [-0.4, -0.2) is 15.9 Å². The fourth-order valence-corrected chi connectivity index (χ4v) is 3.27. The monoisotopic (exact) mass is 389 g/mol. The second kappa shape index (κ2) is 7.75. The maximum absolute atomic E-state index is 13.3. The number of carbonyl (C=O) groups excluding carboxylic acids is 1. The summed E-state index contributed by atoms with van der Waals surface area (Å²) >= 11 is 0. The molecular formula is C23H17F2N3O. The fraction of sp³-hybridized carbons (Fsp3) is 0.0870. The molecule has 0 saturated heterocycles. The number of fused-ring (bicyclic) bond motifs is 1. The van der Waals surface area contributed by atoms with Crippen LogP contribution in [0.3, 0.4) is 0 Å². The van der Waals surface area contributed by atoms with E-state index in [4.69, 9.17) is 5.73 Å². The van der Waals surface area contributed by atoms with E-state index in [-0.39, 0.29) is 11.5 Å². The van der Waals surface area contributed by atoms with Crippen LogP contribution in [0.1, 0.15) is 21.6 Å². The number of aromatic nitrogens is 2. The zero-order valence-corrected chi connectivity index (χ0v) is 15.4. The molecule has 0 spiro atoms. The lowest BCUT2D eigenvalue weighted by atomic mass is 9.97. The van der Waals surface area contributed by atoms with Gasteiger partial charge in [0.15, 0.2) is 0 Å². The Bertz CT molecular complexity index is 1190. The summed E-state index contributed by atoms with van der Waals surface area (Å²) in [7, 11) is 0. The number of nitrogens with zero attached hydrogens (tertiary/aromatic N) is 2. The first-order valence-corrected chi connectivity index (χ1v) is 9.09. The van der Waals surface area contributed by atoms with Crippen LogP contribution in [0.5, 0.6) is 0 Å². The molecule has 1 amide bonds. The Balaban J connectivity index is 1.72. The molecule has 0 saturated carbocycles. The molecule has 0 bridgehead atoms. The summed E-state index contributed by atoms with van der Waals surface area (Å²) < 4.78 is 26.3. The number of amides is 1. The van der Waals surface area contributed by atoms with Crippen molar-refractivity contribution in [2.75, 3.05) is 0 Å². The normalized spacial score (nSPS) is 11.0. The minimum Gasteiger partial charge on any atom is -0.364 e. The van der Waals surface area contributed by atoms with Crippen molar-refractivity contribution < 1.29 is 13.6 Å². The lowest BCUT2D eigenvalue weighted by molar-refractivity contribution is 0.0996. The number of aryl methyl sites for hydroxylation is 2. The standard InChI is InChI=1S/C23H17F2N3O/c24-17-7-5-16(6-8-17)19-12-21(23(26)29)28-20-11-14(3-9-18(19)20)1-2-15-4-10-22(25)27-13-15/h3-13H,1-2H2,(H2,26,29). The van der Waals surface area contributed by atoms with Crippen molar-refractivity contribution in [2.24, 2.45) is 5.73 Å². The Hall–Kier alpha value is -3.67. The molecule has 0 aliphatic rings. The Labute approximate surface area is 166 Å². The van der Waals surface area contributed by atoms with Gasteiger partial charge in [0.05, 0.1) is 5.52 Å². The SMILES string of the molecule is NC(=O)c1cc(-c2ccc(F)cc2)c2ccc(CCc3ccc(F)nc3)cc2n1. The molecule has 2 aromatic carbocycles. The predicted molar refractivity (Wildman–Crippen MR) is 107 cm³/mol. The molecule has 144 valence electrons. The second-order valence-electron chi connectivity index (χ2n) is 6.77. The molecule has 29 heavy (non-hydrogen) atoms. The van der Waals surface area contributed by atoms with Gasteiger partial charge in [-0.1, -0.05) is 30.3 Å². The minimum atomic E-state index is -0.627. The van der Waals surface area contributed by atoms with Gasteiger partial charge in [0.2, 0.25) is 5.95 Å². The summed E-state index contributed by atoms with van der Waals surface area (Å²) in [5, 5.41) is 0.841. The topological polar surface area (TPSA) is 68.9 Å². The minimum absolute atomic E-state index is 0.150.